The topological polar surface area (TPSA) is 0 Å². The molecule has 1 saturated carbocycles. The first kappa shape index (κ1) is 13.8. The number of halogens is 3. The van der Waals surface area contributed by atoms with Gasteiger partial charge in [-0.2, -0.15) is 0 Å². The first-order valence-electron chi connectivity index (χ1n) is 6.44. The van der Waals surface area contributed by atoms with Crippen LogP contribution in [0.4, 0.5) is 8.78 Å². The summed E-state index contributed by atoms with van der Waals surface area (Å²) in [6.07, 6.45) is 3.14. The van der Waals surface area contributed by atoms with E-state index >= 15 is 0 Å². The smallest absolute Gasteiger partial charge is 0.177 e. The van der Waals surface area contributed by atoms with E-state index in [1.165, 1.54) is 6.07 Å². The van der Waals surface area contributed by atoms with Crippen LogP contribution in [0.25, 0.3) is 0 Å². The van der Waals surface area contributed by atoms with Gasteiger partial charge in [0.05, 0.1) is 5.02 Å². The minimum absolute atomic E-state index is 0.0328. The second kappa shape index (κ2) is 4.80. The number of hydrogen-bond donors (Lipinski definition) is 0. The maximum absolute atomic E-state index is 13.5. The monoisotopic (exact) mass is 272 g/mol. The van der Waals surface area contributed by atoms with Crippen LogP contribution < -0.4 is 0 Å². The molecule has 0 saturated heterocycles. The lowest BCUT2D eigenvalue weighted by Crippen LogP contribution is -2.17. The predicted molar refractivity (Wildman–Crippen MR) is 70.9 cm³/mol. The summed E-state index contributed by atoms with van der Waals surface area (Å²) in [6.45, 7) is 6.69. The molecule has 0 nitrogen and oxygen atoms in total. The van der Waals surface area contributed by atoms with Crippen molar-refractivity contribution in [1.29, 1.82) is 0 Å². The van der Waals surface area contributed by atoms with Gasteiger partial charge >= 0.3 is 0 Å². The molecule has 0 N–H and O–H groups in total. The zero-order chi connectivity index (χ0) is 13.5. The van der Waals surface area contributed by atoms with E-state index < -0.39 is 11.6 Å². The maximum Gasteiger partial charge on any atom is 0.177 e. The van der Waals surface area contributed by atoms with Crippen molar-refractivity contribution in [2.75, 3.05) is 0 Å². The molecule has 2 unspecified atom stereocenters. The van der Waals surface area contributed by atoms with Gasteiger partial charge in [-0.25, -0.2) is 8.78 Å². The highest BCUT2D eigenvalue weighted by atomic mass is 35.5. The molecule has 2 rings (SSSR count). The summed E-state index contributed by atoms with van der Waals surface area (Å²) in [5.41, 5.74) is 1.03. The third-order valence-corrected chi connectivity index (χ3v) is 4.55. The molecule has 0 radical (unpaired) electrons. The molecule has 0 spiro atoms. The quantitative estimate of drug-likeness (QED) is 0.588. The molecular formula is C15H19ClF2. The van der Waals surface area contributed by atoms with E-state index in [-0.39, 0.29) is 16.4 Å². The van der Waals surface area contributed by atoms with Gasteiger partial charge in [0.1, 0.15) is 0 Å². The van der Waals surface area contributed by atoms with Crippen molar-refractivity contribution >= 4 is 11.6 Å². The lowest BCUT2D eigenvalue weighted by atomic mass is 9.79. The van der Waals surface area contributed by atoms with E-state index in [4.69, 9.17) is 11.6 Å². The Labute approximate surface area is 112 Å². The van der Waals surface area contributed by atoms with Gasteiger partial charge in [0.15, 0.2) is 11.6 Å². The molecule has 0 bridgehead atoms. The Hall–Kier alpha value is -0.630. The Morgan fingerprint density at radius 3 is 2.39 bits per heavy atom. The third-order valence-electron chi connectivity index (χ3n) is 4.16. The summed E-state index contributed by atoms with van der Waals surface area (Å²) in [4.78, 5) is 0. The van der Waals surface area contributed by atoms with Crippen LogP contribution in [0.2, 0.25) is 5.02 Å². The summed E-state index contributed by atoms with van der Waals surface area (Å²) in [5, 5.41) is -0.0328. The van der Waals surface area contributed by atoms with Crippen LogP contribution in [0, 0.1) is 23.0 Å². The van der Waals surface area contributed by atoms with E-state index in [1.54, 1.807) is 6.07 Å². The maximum atomic E-state index is 13.5. The summed E-state index contributed by atoms with van der Waals surface area (Å²) in [6, 6.07) is 2.82. The molecule has 3 heteroatoms. The average molecular weight is 273 g/mol. The minimum Gasteiger partial charge on any atom is -0.204 e. The first-order valence-corrected chi connectivity index (χ1v) is 6.82. The van der Waals surface area contributed by atoms with E-state index in [1.807, 2.05) is 0 Å². The number of hydrogen-bond acceptors (Lipinski definition) is 0. The molecule has 0 heterocycles. The molecule has 2 atom stereocenters. The zero-order valence-electron chi connectivity index (χ0n) is 11.1. The lowest BCUT2D eigenvalue weighted by molar-refractivity contribution is 0.244. The molecule has 18 heavy (non-hydrogen) atoms. The van der Waals surface area contributed by atoms with Crippen molar-refractivity contribution in [2.45, 2.75) is 46.0 Å². The van der Waals surface area contributed by atoms with Gasteiger partial charge in [-0.15, -0.1) is 0 Å². The second-order valence-electron chi connectivity index (χ2n) is 6.34. The highest BCUT2D eigenvalue weighted by molar-refractivity contribution is 6.31. The number of benzene rings is 1. The standard InChI is InChI=1S/C15H19ClF2/c1-15(2,3)10-5-4-9(8-10)11-6-7-12(17)14(18)13(11)16/h6-7,9-10H,4-5,8H2,1-3H3. The Balaban J connectivity index is 2.23. The van der Waals surface area contributed by atoms with E-state index in [0.29, 0.717) is 5.92 Å². The van der Waals surface area contributed by atoms with Crippen LogP contribution in [0.15, 0.2) is 12.1 Å². The zero-order valence-corrected chi connectivity index (χ0v) is 11.8. The highest BCUT2D eigenvalue weighted by Crippen LogP contribution is 2.47. The fourth-order valence-corrected chi connectivity index (χ4v) is 3.21. The summed E-state index contributed by atoms with van der Waals surface area (Å²) < 4.78 is 26.5. The summed E-state index contributed by atoms with van der Waals surface area (Å²) >= 11 is 5.93. The molecule has 0 aliphatic heterocycles. The van der Waals surface area contributed by atoms with Gasteiger partial charge in [-0.1, -0.05) is 38.4 Å². The normalized spacial score (nSPS) is 24.6. The molecule has 1 aromatic rings. The highest BCUT2D eigenvalue weighted by Gasteiger charge is 2.34. The SMILES string of the molecule is CC(C)(C)C1CCC(c2ccc(F)c(F)c2Cl)C1. The Kier molecular flexibility index (Phi) is 3.68. The first-order chi connectivity index (χ1) is 8.30. The van der Waals surface area contributed by atoms with Crippen molar-refractivity contribution in [3.8, 4) is 0 Å². The Bertz CT molecular complexity index is 449. The van der Waals surface area contributed by atoms with Crippen LogP contribution in [0.3, 0.4) is 0 Å². The number of rotatable bonds is 1. The average Bonchev–Trinajstić information content (AvgIpc) is 2.75. The lowest BCUT2D eigenvalue weighted by Gasteiger charge is -2.27. The van der Waals surface area contributed by atoms with Crippen molar-refractivity contribution in [3.05, 3.63) is 34.4 Å². The van der Waals surface area contributed by atoms with Crippen molar-refractivity contribution < 1.29 is 8.78 Å². The van der Waals surface area contributed by atoms with Crippen molar-refractivity contribution in [2.24, 2.45) is 11.3 Å². The fraction of sp³-hybridized carbons (Fsp3) is 0.600. The minimum atomic E-state index is -0.909. The van der Waals surface area contributed by atoms with Gasteiger partial charge in [0.2, 0.25) is 0 Å². The summed E-state index contributed by atoms with van der Waals surface area (Å²) in [7, 11) is 0. The van der Waals surface area contributed by atoms with Gasteiger partial charge in [-0.3, -0.25) is 0 Å². The van der Waals surface area contributed by atoms with E-state index in [0.717, 1.165) is 24.8 Å². The molecule has 0 aromatic heterocycles. The van der Waals surface area contributed by atoms with E-state index in [9.17, 15) is 8.78 Å². The van der Waals surface area contributed by atoms with Crippen molar-refractivity contribution in [1.82, 2.24) is 0 Å². The fourth-order valence-electron chi connectivity index (χ4n) is 2.91. The second-order valence-corrected chi connectivity index (χ2v) is 6.72. The molecule has 100 valence electrons. The van der Waals surface area contributed by atoms with E-state index in [2.05, 4.69) is 20.8 Å². The van der Waals surface area contributed by atoms with Crippen LogP contribution >= 0.6 is 11.6 Å². The molecule has 1 aliphatic carbocycles. The van der Waals surface area contributed by atoms with Crippen LogP contribution in [0.5, 0.6) is 0 Å². The molecule has 1 aliphatic rings. The predicted octanol–water partition coefficient (Wildman–Crippen LogP) is 5.55. The Morgan fingerprint density at radius 1 is 1.17 bits per heavy atom. The van der Waals surface area contributed by atoms with Crippen molar-refractivity contribution in [3.63, 3.8) is 0 Å². The van der Waals surface area contributed by atoms with Gasteiger partial charge in [-0.05, 0) is 48.1 Å². The Morgan fingerprint density at radius 2 is 1.83 bits per heavy atom. The van der Waals surface area contributed by atoms with Gasteiger partial charge in [0, 0.05) is 0 Å². The summed E-state index contributed by atoms with van der Waals surface area (Å²) in [5.74, 6) is -0.897. The van der Waals surface area contributed by atoms with Crippen LogP contribution in [-0.2, 0) is 0 Å². The van der Waals surface area contributed by atoms with Gasteiger partial charge in [0.25, 0.3) is 0 Å². The largest absolute Gasteiger partial charge is 0.204 e. The molecule has 1 fully saturated rings. The molecule has 0 amide bonds. The van der Waals surface area contributed by atoms with Gasteiger partial charge < -0.3 is 0 Å². The molecule has 1 aromatic carbocycles. The van der Waals surface area contributed by atoms with Crippen LogP contribution in [0.1, 0.15) is 51.5 Å². The van der Waals surface area contributed by atoms with Crippen LogP contribution in [-0.4, -0.2) is 0 Å². The third kappa shape index (κ3) is 2.54. The molecular weight excluding hydrogens is 254 g/mol.